The molecule has 0 aliphatic rings. The number of carbonyl (C=O) groups is 1. The quantitative estimate of drug-likeness (QED) is 0.467. The zero-order chi connectivity index (χ0) is 21.8. The Morgan fingerprint density at radius 1 is 1.23 bits per heavy atom. The lowest BCUT2D eigenvalue weighted by Gasteiger charge is -2.08. The molecule has 0 saturated carbocycles. The summed E-state index contributed by atoms with van der Waals surface area (Å²) in [7, 11) is -0.277. The number of aromatic nitrogens is 5. The molecule has 0 spiro atoms. The minimum Gasteiger partial charge on any atom is -0.328 e. The standard InChI is InChI=1S/C17H16N6O5S2/c1-21-8-18-14-13(21)15(25)23(17(26)22(14)2)7-12(24)20-16-19-10-5-4-9(30(3,27)28)6-11(10)29-16/h4-6,8H,7H2,1-3H3,(H,19,20,24). The molecule has 1 aromatic carbocycles. The zero-order valence-corrected chi connectivity index (χ0v) is 17.7. The number of nitrogens with zero attached hydrogens (tertiary/aromatic N) is 5. The van der Waals surface area contributed by atoms with Crippen LogP contribution in [0.15, 0.2) is 39.0 Å². The van der Waals surface area contributed by atoms with Crippen LogP contribution in [-0.4, -0.2) is 44.3 Å². The van der Waals surface area contributed by atoms with E-state index in [0.29, 0.717) is 10.2 Å². The largest absolute Gasteiger partial charge is 0.332 e. The van der Waals surface area contributed by atoms with Crippen molar-refractivity contribution in [3.8, 4) is 0 Å². The van der Waals surface area contributed by atoms with Crippen LogP contribution in [0.4, 0.5) is 5.13 Å². The number of thiazole rings is 1. The van der Waals surface area contributed by atoms with E-state index >= 15 is 0 Å². The molecule has 30 heavy (non-hydrogen) atoms. The number of hydrogen-bond acceptors (Lipinski definition) is 8. The smallest absolute Gasteiger partial charge is 0.328 e. The second-order valence-corrected chi connectivity index (χ2v) is 9.78. The van der Waals surface area contributed by atoms with Gasteiger partial charge in [-0.3, -0.25) is 14.2 Å². The van der Waals surface area contributed by atoms with Gasteiger partial charge in [0, 0.05) is 20.4 Å². The van der Waals surface area contributed by atoms with Gasteiger partial charge in [0.15, 0.2) is 26.1 Å². The Kier molecular flexibility index (Phi) is 4.58. The van der Waals surface area contributed by atoms with Gasteiger partial charge < -0.3 is 9.88 Å². The van der Waals surface area contributed by atoms with Gasteiger partial charge in [-0.25, -0.2) is 27.7 Å². The molecule has 3 aromatic heterocycles. The van der Waals surface area contributed by atoms with Gasteiger partial charge >= 0.3 is 5.69 Å². The number of carbonyl (C=O) groups excluding carboxylic acids is 1. The van der Waals surface area contributed by atoms with E-state index in [0.717, 1.165) is 22.2 Å². The number of rotatable bonds is 4. The van der Waals surface area contributed by atoms with Crippen molar-refractivity contribution in [2.45, 2.75) is 11.4 Å². The fourth-order valence-corrected chi connectivity index (χ4v) is 4.67. The van der Waals surface area contributed by atoms with Crippen LogP contribution in [-0.2, 0) is 35.3 Å². The number of nitrogens with one attached hydrogen (secondary N) is 1. The van der Waals surface area contributed by atoms with Gasteiger partial charge in [0.05, 0.1) is 21.4 Å². The molecule has 0 saturated heterocycles. The van der Waals surface area contributed by atoms with Crippen molar-refractivity contribution in [2.24, 2.45) is 14.1 Å². The number of aryl methyl sites for hydroxylation is 2. The molecule has 11 nitrogen and oxygen atoms in total. The first-order valence-corrected chi connectivity index (χ1v) is 11.3. The fourth-order valence-electron chi connectivity index (χ4n) is 3.03. The highest BCUT2D eigenvalue weighted by Gasteiger charge is 2.18. The maximum absolute atomic E-state index is 12.7. The first-order valence-electron chi connectivity index (χ1n) is 8.57. The molecule has 0 aliphatic carbocycles. The van der Waals surface area contributed by atoms with Gasteiger partial charge in [-0.2, -0.15) is 0 Å². The van der Waals surface area contributed by atoms with Crippen molar-refractivity contribution in [3.63, 3.8) is 0 Å². The molecule has 0 unspecified atom stereocenters. The highest BCUT2D eigenvalue weighted by molar-refractivity contribution is 7.90. The number of imidazole rings is 1. The monoisotopic (exact) mass is 448 g/mol. The molecule has 0 aliphatic heterocycles. The summed E-state index contributed by atoms with van der Waals surface area (Å²) in [6, 6.07) is 4.47. The molecule has 3 heterocycles. The van der Waals surface area contributed by atoms with Crippen molar-refractivity contribution in [2.75, 3.05) is 11.6 Å². The second kappa shape index (κ2) is 6.88. The lowest BCUT2D eigenvalue weighted by Crippen LogP contribution is -2.42. The first kappa shape index (κ1) is 20.0. The van der Waals surface area contributed by atoms with Crippen LogP contribution >= 0.6 is 11.3 Å². The van der Waals surface area contributed by atoms with Crippen molar-refractivity contribution >= 4 is 53.6 Å². The molecule has 13 heteroatoms. The molecule has 1 N–H and O–H groups in total. The van der Waals surface area contributed by atoms with Crippen LogP contribution in [0.2, 0.25) is 0 Å². The second-order valence-electron chi connectivity index (χ2n) is 6.73. The summed E-state index contributed by atoms with van der Waals surface area (Å²) < 4.78 is 27.5. The fraction of sp³-hybridized carbons (Fsp3) is 0.235. The number of amides is 1. The van der Waals surface area contributed by atoms with Crippen molar-refractivity contribution in [3.05, 3.63) is 45.4 Å². The summed E-state index contributed by atoms with van der Waals surface area (Å²) in [5, 5.41) is 2.79. The normalized spacial score (nSPS) is 12.0. The molecule has 0 bridgehead atoms. The maximum Gasteiger partial charge on any atom is 0.332 e. The Balaban J connectivity index is 1.65. The van der Waals surface area contributed by atoms with Crippen LogP contribution in [0.3, 0.4) is 0 Å². The van der Waals surface area contributed by atoms with Gasteiger partial charge in [-0.05, 0) is 18.2 Å². The highest BCUT2D eigenvalue weighted by atomic mass is 32.2. The minimum absolute atomic E-state index is 0.149. The van der Waals surface area contributed by atoms with E-state index in [-0.39, 0.29) is 21.2 Å². The minimum atomic E-state index is -3.37. The van der Waals surface area contributed by atoms with Gasteiger partial charge in [-0.1, -0.05) is 11.3 Å². The number of benzene rings is 1. The summed E-state index contributed by atoms with van der Waals surface area (Å²) in [6.07, 6.45) is 2.52. The number of anilines is 1. The van der Waals surface area contributed by atoms with E-state index in [9.17, 15) is 22.8 Å². The summed E-state index contributed by atoms with van der Waals surface area (Å²) in [5.74, 6) is -0.613. The van der Waals surface area contributed by atoms with E-state index in [1.54, 1.807) is 13.1 Å². The average molecular weight is 448 g/mol. The summed E-state index contributed by atoms with van der Waals surface area (Å²) in [4.78, 5) is 46.1. The number of hydrogen-bond donors (Lipinski definition) is 1. The van der Waals surface area contributed by atoms with Crippen molar-refractivity contribution in [1.82, 2.24) is 23.7 Å². The first-order chi connectivity index (χ1) is 14.1. The Hall–Kier alpha value is -3.32. The van der Waals surface area contributed by atoms with E-state index in [1.165, 1.54) is 34.6 Å². The lowest BCUT2D eigenvalue weighted by atomic mass is 10.3. The molecule has 4 rings (SSSR count). The van der Waals surface area contributed by atoms with Crippen LogP contribution in [0.5, 0.6) is 0 Å². The van der Waals surface area contributed by atoms with Crippen LogP contribution in [0, 0.1) is 0 Å². The molecule has 0 fully saturated rings. The van der Waals surface area contributed by atoms with Crippen molar-refractivity contribution in [1.29, 1.82) is 0 Å². The molecular weight excluding hydrogens is 432 g/mol. The Morgan fingerprint density at radius 3 is 2.67 bits per heavy atom. The predicted molar refractivity (Wildman–Crippen MR) is 112 cm³/mol. The molecular formula is C17H16N6O5S2. The third-order valence-corrected chi connectivity index (χ3v) is 6.58. The zero-order valence-electron chi connectivity index (χ0n) is 16.1. The Morgan fingerprint density at radius 2 is 1.97 bits per heavy atom. The summed E-state index contributed by atoms with van der Waals surface area (Å²) in [6.45, 7) is -0.503. The number of fused-ring (bicyclic) bond motifs is 2. The highest BCUT2D eigenvalue weighted by Crippen LogP contribution is 2.28. The van der Waals surface area contributed by atoms with Gasteiger partial charge in [0.1, 0.15) is 6.54 Å². The predicted octanol–water partition coefficient (Wildman–Crippen LogP) is 0.0856. The van der Waals surface area contributed by atoms with E-state index in [1.807, 2.05) is 0 Å². The molecule has 0 radical (unpaired) electrons. The SMILES string of the molecule is Cn1cnc2c1c(=O)n(CC(=O)Nc1nc3ccc(S(C)(=O)=O)cc3s1)c(=O)n2C. The van der Waals surface area contributed by atoms with Gasteiger partial charge in [-0.15, -0.1) is 0 Å². The van der Waals surface area contributed by atoms with Crippen LogP contribution in [0.25, 0.3) is 21.4 Å². The number of sulfone groups is 1. The van der Waals surface area contributed by atoms with Crippen LogP contribution in [0.1, 0.15) is 0 Å². The summed E-state index contributed by atoms with van der Waals surface area (Å²) >= 11 is 1.09. The maximum atomic E-state index is 12.7. The molecule has 4 aromatic rings. The topological polar surface area (TPSA) is 138 Å². The van der Waals surface area contributed by atoms with E-state index in [4.69, 9.17) is 0 Å². The third kappa shape index (κ3) is 3.31. The average Bonchev–Trinajstić information content (AvgIpc) is 3.25. The molecule has 1 amide bonds. The third-order valence-electron chi connectivity index (χ3n) is 4.54. The van der Waals surface area contributed by atoms with Crippen LogP contribution < -0.4 is 16.6 Å². The lowest BCUT2D eigenvalue weighted by molar-refractivity contribution is -0.116. The van der Waals surface area contributed by atoms with E-state index in [2.05, 4.69) is 15.3 Å². The Bertz CT molecular complexity index is 1560. The van der Waals surface area contributed by atoms with Gasteiger partial charge in [0.2, 0.25) is 5.91 Å². The van der Waals surface area contributed by atoms with Crippen molar-refractivity contribution < 1.29 is 13.2 Å². The Labute approximate surface area is 173 Å². The summed E-state index contributed by atoms with van der Waals surface area (Å²) in [5.41, 5.74) is -0.323. The molecule has 0 atom stereocenters. The van der Waals surface area contributed by atoms with E-state index < -0.39 is 33.5 Å². The molecule has 156 valence electrons. The van der Waals surface area contributed by atoms with Gasteiger partial charge in [0.25, 0.3) is 5.56 Å².